The van der Waals surface area contributed by atoms with Crippen LogP contribution in [0.25, 0.3) is 0 Å². The molecule has 1 amide bonds. The van der Waals surface area contributed by atoms with Crippen LogP contribution < -0.4 is 15.8 Å². The van der Waals surface area contributed by atoms with Gasteiger partial charge in [-0.25, -0.2) is 10.4 Å². The lowest BCUT2D eigenvalue weighted by molar-refractivity contribution is -0.121. The number of carbonyl (C=O) groups excluding carboxylic acids is 1. The van der Waals surface area contributed by atoms with E-state index in [1.165, 1.54) is 5.56 Å². The molecular weight excluding hydrogens is 354 g/mol. The van der Waals surface area contributed by atoms with Crippen LogP contribution in [0.2, 0.25) is 0 Å². The highest BCUT2D eigenvalue weighted by molar-refractivity contribution is 9.10. The summed E-state index contributed by atoms with van der Waals surface area (Å²) in [6, 6.07) is 18.4. The predicted octanol–water partition coefficient (Wildman–Crippen LogP) is 3.37. The van der Waals surface area contributed by atoms with Gasteiger partial charge in [-0.3, -0.25) is 10.1 Å². The second-order valence-corrected chi connectivity index (χ2v) is 6.99. The monoisotopic (exact) mass is 371 g/mol. The first kappa shape index (κ1) is 14.9. The number of amides is 1. The van der Waals surface area contributed by atoms with Gasteiger partial charge in [0.2, 0.25) is 5.91 Å². The van der Waals surface area contributed by atoms with Gasteiger partial charge >= 0.3 is 0 Å². The van der Waals surface area contributed by atoms with Crippen LogP contribution in [0.15, 0.2) is 59.1 Å². The van der Waals surface area contributed by atoms with E-state index in [1.807, 2.05) is 30.3 Å². The molecule has 5 heteroatoms. The van der Waals surface area contributed by atoms with Gasteiger partial charge in [-0.1, -0.05) is 46.3 Å². The fraction of sp³-hybridized carbons (Fsp3) is 0.278. The summed E-state index contributed by atoms with van der Waals surface area (Å²) in [5.41, 5.74) is 5.49. The first-order valence-corrected chi connectivity index (χ1v) is 8.68. The minimum Gasteiger partial charge on any atom is -0.293 e. The number of rotatable bonds is 2. The van der Waals surface area contributed by atoms with Crippen molar-refractivity contribution in [3.63, 3.8) is 0 Å². The number of hydrazine groups is 1. The van der Waals surface area contributed by atoms with Crippen molar-refractivity contribution in [3.05, 3.63) is 64.6 Å². The lowest BCUT2D eigenvalue weighted by Gasteiger charge is -2.31. The first-order chi connectivity index (χ1) is 11.2. The maximum absolute atomic E-state index is 12.6. The summed E-state index contributed by atoms with van der Waals surface area (Å²) < 4.78 is 1.08. The van der Waals surface area contributed by atoms with Crippen molar-refractivity contribution in [2.45, 2.75) is 25.0 Å². The number of anilines is 1. The van der Waals surface area contributed by atoms with Crippen LogP contribution in [0.3, 0.4) is 0 Å². The molecule has 2 aliphatic rings. The molecular formula is C18H18BrN3O. The molecule has 0 aliphatic carbocycles. The van der Waals surface area contributed by atoms with E-state index in [1.54, 1.807) is 5.01 Å². The molecule has 0 radical (unpaired) electrons. The molecule has 23 heavy (non-hydrogen) atoms. The molecule has 0 saturated carbocycles. The van der Waals surface area contributed by atoms with E-state index in [0.29, 0.717) is 0 Å². The summed E-state index contributed by atoms with van der Waals surface area (Å²) in [6.07, 6.45) is 1.86. The number of nitrogens with zero attached hydrogens (tertiary/aromatic N) is 1. The predicted molar refractivity (Wildman–Crippen MR) is 93.6 cm³/mol. The summed E-state index contributed by atoms with van der Waals surface area (Å²) in [5, 5.41) is 5.28. The Morgan fingerprint density at radius 2 is 1.74 bits per heavy atom. The quantitative estimate of drug-likeness (QED) is 0.850. The standard InChI is InChI=1S/C18H18BrN3O/c19-13-8-6-12(7-9-13)16-11-10-15-17(20-16)21-22(18(15)23)14-4-2-1-3-5-14/h1-9,15-17,20-21H,10-11H2. The van der Waals surface area contributed by atoms with Crippen molar-refractivity contribution in [2.24, 2.45) is 5.92 Å². The second kappa shape index (κ2) is 6.07. The summed E-state index contributed by atoms with van der Waals surface area (Å²) in [4.78, 5) is 12.6. The van der Waals surface area contributed by atoms with Crippen LogP contribution in [-0.4, -0.2) is 12.1 Å². The fourth-order valence-electron chi connectivity index (χ4n) is 3.43. The first-order valence-electron chi connectivity index (χ1n) is 7.89. The zero-order valence-electron chi connectivity index (χ0n) is 12.6. The summed E-state index contributed by atoms with van der Waals surface area (Å²) >= 11 is 3.47. The molecule has 2 aromatic carbocycles. The second-order valence-electron chi connectivity index (χ2n) is 6.07. The Balaban J connectivity index is 1.52. The largest absolute Gasteiger partial charge is 0.293 e. The highest BCUT2D eigenvalue weighted by atomic mass is 79.9. The van der Waals surface area contributed by atoms with Crippen molar-refractivity contribution in [3.8, 4) is 0 Å². The third-order valence-electron chi connectivity index (χ3n) is 4.64. The van der Waals surface area contributed by atoms with Gasteiger partial charge in [0.25, 0.3) is 0 Å². The van der Waals surface area contributed by atoms with Crippen LogP contribution in [0.5, 0.6) is 0 Å². The van der Waals surface area contributed by atoms with Gasteiger partial charge in [0.15, 0.2) is 0 Å². The van der Waals surface area contributed by atoms with Gasteiger partial charge in [0, 0.05) is 10.5 Å². The Bertz CT molecular complexity index is 704. The molecule has 0 aromatic heterocycles. The molecule has 0 bridgehead atoms. The van der Waals surface area contributed by atoms with Crippen molar-refractivity contribution in [1.82, 2.24) is 10.7 Å². The summed E-state index contributed by atoms with van der Waals surface area (Å²) in [5.74, 6) is 0.157. The molecule has 118 valence electrons. The van der Waals surface area contributed by atoms with Crippen LogP contribution >= 0.6 is 15.9 Å². The number of para-hydroxylation sites is 1. The van der Waals surface area contributed by atoms with Crippen molar-refractivity contribution in [1.29, 1.82) is 0 Å². The molecule has 2 N–H and O–H groups in total. The molecule has 3 atom stereocenters. The van der Waals surface area contributed by atoms with Crippen LogP contribution in [0.1, 0.15) is 24.4 Å². The molecule has 2 fully saturated rings. The molecule has 3 unspecified atom stereocenters. The number of carbonyl (C=O) groups is 1. The number of hydrogen-bond donors (Lipinski definition) is 2. The number of hydrogen-bond acceptors (Lipinski definition) is 3. The Labute approximate surface area is 144 Å². The van der Waals surface area contributed by atoms with Gasteiger partial charge in [0.05, 0.1) is 17.8 Å². The molecule has 2 heterocycles. The van der Waals surface area contributed by atoms with Crippen LogP contribution in [0.4, 0.5) is 5.69 Å². The number of piperidine rings is 1. The van der Waals surface area contributed by atoms with E-state index in [0.717, 1.165) is 23.0 Å². The maximum Gasteiger partial charge on any atom is 0.247 e. The maximum atomic E-state index is 12.6. The van der Waals surface area contributed by atoms with E-state index in [9.17, 15) is 4.79 Å². The number of benzene rings is 2. The lowest BCUT2D eigenvalue weighted by atomic mass is 9.89. The highest BCUT2D eigenvalue weighted by Gasteiger charge is 2.44. The molecule has 4 rings (SSSR count). The average molecular weight is 372 g/mol. The van der Waals surface area contributed by atoms with Gasteiger partial charge in [0.1, 0.15) is 0 Å². The summed E-state index contributed by atoms with van der Waals surface area (Å²) in [7, 11) is 0. The zero-order valence-corrected chi connectivity index (χ0v) is 14.2. The van der Waals surface area contributed by atoms with Gasteiger partial charge in [-0.05, 0) is 42.7 Å². The third kappa shape index (κ3) is 2.80. The normalized spacial score (nSPS) is 27.1. The number of nitrogens with one attached hydrogen (secondary N) is 2. The Kier molecular flexibility index (Phi) is 3.93. The lowest BCUT2D eigenvalue weighted by Crippen LogP contribution is -2.49. The zero-order chi connectivity index (χ0) is 15.8. The Hall–Kier alpha value is -1.69. The van der Waals surface area contributed by atoms with E-state index >= 15 is 0 Å². The van der Waals surface area contributed by atoms with E-state index in [-0.39, 0.29) is 24.0 Å². The van der Waals surface area contributed by atoms with Crippen LogP contribution in [-0.2, 0) is 4.79 Å². The SMILES string of the molecule is O=C1C2CCC(c3ccc(Br)cc3)NC2NN1c1ccccc1. The van der Waals surface area contributed by atoms with Gasteiger partial charge < -0.3 is 0 Å². The van der Waals surface area contributed by atoms with Crippen molar-refractivity contribution >= 4 is 27.5 Å². The Morgan fingerprint density at radius 3 is 2.48 bits per heavy atom. The van der Waals surface area contributed by atoms with E-state index < -0.39 is 0 Å². The van der Waals surface area contributed by atoms with E-state index in [2.05, 4.69) is 50.9 Å². The fourth-order valence-corrected chi connectivity index (χ4v) is 3.69. The average Bonchev–Trinajstić information content (AvgIpc) is 2.93. The van der Waals surface area contributed by atoms with Crippen LogP contribution in [0, 0.1) is 5.92 Å². The molecule has 2 saturated heterocycles. The van der Waals surface area contributed by atoms with Crippen molar-refractivity contribution < 1.29 is 4.79 Å². The number of fused-ring (bicyclic) bond motifs is 1. The molecule has 0 spiro atoms. The number of halogens is 1. The minimum atomic E-state index is -0.00916. The third-order valence-corrected chi connectivity index (χ3v) is 5.17. The molecule has 2 aromatic rings. The Morgan fingerprint density at radius 1 is 1.00 bits per heavy atom. The summed E-state index contributed by atoms with van der Waals surface area (Å²) in [6.45, 7) is 0. The van der Waals surface area contributed by atoms with Crippen molar-refractivity contribution in [2.75, 3.05) is 5.01 Å². The van der Waals surface area contributed by atoms with Gasteiger partial charge in [-0.2, -0.15) is 0 Å². The molecule has 4 nitrogen and oxygen atoms in total. The smallest absolute Gasteiger partial charge is 0.247 e. The molecule has 2 aliphatic heterocycles. The minimum absolute atomic E-state index is 0.00176. The van der Waals surface area contributed by atoms with Gasteiger partial charge in [-0.15, -0.1) is 0 Å². The topological polar surface area (TPSA) is 44.4 Å². The van der Waals surface area contributed by atoms with E-state index in [4.69, 9.17) is 0 Å². The highest BCUT2D eigenvalue weighted by Crippen LogP contribution is 2.34.